The molecule has 0 amide bonds. The van der Waals surface area contributed by atoms with Crippen molar-refractivity contribution < 1.29 is 105 Å². The van der Waals surface area contributed by atoms with E-state index >= 15 is 0 Å². The van der Waals surface area contributed by atoms with E-state index < -0.39 is 0 Å². The molecule has 0 bridgehead atoms. The molecule has 0 saturated heterocycles. The predicted molar refractivity (Wildman–Crippen MR) is 276 cm³/mol. The second-order valence-corrected chi connectivity index (χ2v) is 17.4. The van der Waals surface area contributed by atoms with Gasteiger partial charge in [0.1, 0.15) is 0 Å². The van der Waals surface area contributed by atoms with Crippen LogP contribution in [0.4, 0.5) is 0 Å². The molecule has 0 fully saturated rings. The minimum atomic E-state index is -0.302. The SMILES string of the molecule is CC1Oc2ccc(C(=O)CCc3ccc4c(c3)OCO4)cc2O1.COc1cc(CCC(C)C(=O)c2ccc3c(c2)OCO3)cc(OC)c1OC.O=C(CCc1ccc2c(c1)OCO2)c1ccc2c(c1)OCO2.O=C=O.O=C=O.O=C=O. The monoisotopic (exact) mass is 1110 g/mol. The van der Waals surface area contributed by atoms with Crippen molar-refractivity contribution in [2.75, 3.05) is 48.5 Å². The summed E-state index contributed by atoms with van der Waals surface area (Å²) in [6.07, 6.45) is 4.03. The molecule has 0 N–H and O–H groups in total. The molecule has 22 heteroatoms. The molecular weight excluding hydrogens is 1060 g/mol. The van der Waals surface area contributed by atoms with Crippen molar-refractivity contribution in [1.82, 2.24) is 0 Å². The van der Waals surface area contributed by atoms with E-state index in [1.54, 1.807) is 75.9 Å². The molecule has 2 unspecified atom stereocenters. The molecule has 2 atom stereocenters. The van der Waals surface area contributed by atoms with Gasteiger partial charge in [-0.05, 0) is 133 Å². The van der Waals surface area contributed by atoms with Crippen LogP contribution in [0.15, 0.2) is 103 Å². The number of ketones is 3. The predicted octanol–water partition coefficient (Wildman–Crippen LogP) is 8.45. The number of carbonyl (C=O) groups is 3. The van der Waals surface area contributed by atoms with Crippen molar-refractivity contribution in [1.29, 1.82) is 0 Å². The third-order valence-corrected chi connectivity index (χ3v) is 12.4. The number of methoxy groups -OCH3 is 3. The highest BCUT2D eigenvalue weighted by Gasteiger charge is 2.24. The number of benzene rings is 6. The van der Waals surface area contributed by atoms with Crippen LogP contribution in [0.5, 0.6) is 74.7 Å². The number of rotatable bonds is 16. The van der Waals surface area contributed by atoms with Gasteiger partial charge in [-0.15, -0.1) is 0 Å². The molecule has 11 rings (SSSR count). The Labute approximate surface area is 463 Å². The molecule has 0 saturated carbocycles. The van der Waals surface area contributed by atoms with Gasteiger partial charge in [0.15, 0.2) is 86.3 Å². The number of carbonyl (C=O) groups excluding carboxylic acids is 9. The second-order valence-electron chi connectivity index (χ2n) is 17.4. The lowest BCUT2D eigenvalue weighted by molar-refractivity contribution is -0.193. The first-order valence-corrected chi connectivity index (χ1v) is 24.7. The summed E-state index contributed by atoms with van der Waals surface area (Å²) < 4.78 is 69.5. The quantitative estimate of drug-likeness (QED) is 0.0822. The van der Waals surface area contributed by atoms with Gasteiger partial charge in [-0.3, -0.25) is 14.4 Å². The zero-order valence-electron chi connectivity index (χ0n) is 44.5. The molecule has 0 spiro atoms. The second kappa shape index (κ2) is 30.1. The molecule has 5 aliphatic heterocycles. The van der Waals surface area contributed by atoms with Crippen LogP contribution >= 0.6 is 0 Å². The van der Waals surface area contributed by atoms with Gasteiger partial charge in [-0.2, -0.15) is 28.8 Å². The first kappa shape index (κ1) is 60.1. The van der Waals surface area contributed by atoms with Crippen LogP contribution in [0.3, 0.4) is 0 Å². The maximum Gasteiger partial charge on any atom is 0.373 e. The van der Waals surface area contributed by atoms with E-state index in [2.05, 4.69) is 0 Å². The van der Waals surface area contributed by atoms with Gasteiger partial charge in [0.25, 0.3) is 0 Å². The van der Waals surface area contributed by atoms with Crippen molar-refractivity contribution in [2.24, 2.45) is 5.92 Å². The number of hydrogen-bond acceptors (Lipinski definition) is 22. The Kier molecular flexibility index (Phi) is 22.4. The highest BCUT2D eigenvalue weighted by atomic mass is 16.7. The zero-order valence-corrected chi connectivity index (χ0v) is 44.5. The zero-order chi connectivity index (χ0) is 58.3. The summed E-state index contributed by atoms with van der Waals surface area (Å²) in [5.41, 5.74) is 5.05. The standard InChI is InChI=1S/C21H24O6.C18H16O5.C17H14O5.3CO2/c1-13(20(22)15-7-8-16-17(11-15)27-12-26-16)5-6-14-9-18(23-2)21(25-4)19(10-14)24-3;1-11-22-16-7-4-13(9-18(16)23-11)14(19)5-2-12-3-6-15-17(8-12)21-10-20-15;18-13(12-3-6-15-17(8-12)22-10-20-15)4-1-11-2-5-14-16(7-11)21-9-19-14;3*2-1-3/h7-11,13H,5-6,12H2,1-4H3;3-4,6-9,11H,2,5,10H2,1H3;2-3,5-8H,1,4,9-10H2;;;. The first-order valence-electron chi connectivity index (χ1n) is 24.7. The average molecular weight is 1120 g/mol. The van der Waals surface area contributed by atoms with Crippen LogP contribution in [0.2, 0.25) is 0 Å². The Morgan fingerprint density at radius 3 is 1.23 bits per heavy atom. The normalized spacial score (nSPS) is 13.5. The van der Waals surface area contributed by atoms with Gasteiger partial charge in [0.2, 0.25) is 39.2 Å². The molecule has 0 aromatic heterocycles. The summed E-state index contributed by atoms with van der Waals surface area (Å²) in [4.78, 5) is 86.2. The fourth-order valence-electron chi connectivity index (χ4n) is 8.45. The highest BCUT2D eigenvalue weighted by Crippen LogP contribution is 2.40. The van der Waals surface area contributed by atoms with E-state index in [-0.39, 0.29) is 75.2 Å². The molecule has 0 aliphatic carbocycles. The van der Waals surface area contributed by atoms with Crippen molar-refractivity contribution in [3.63, 3.8) is 0 Å². The van der Waals surface area contributed by atoms with Crippen LogP contribution in [0.1, 0.15) is 80.9 Å². The number of aryl methyl sites for hydroxylation is 3. The average Bonchev–Trinajstić information content (AvgIpc) is 4.37. The Morgan fingerprint density at radius 1 is 0.444 bits per heavy atom. The molecule has 6 aromatic rings. The van der Waals surface area contributed by atoms with Gasteiger partial charge < -0.3 is 61.6 Å². The Morgan fingerprint density at radius 2 is 0.802 bits per heavy atom. The highest BCUT2D eigenvalue weighted by molar-refractivity contribution is 5.98. The largest absolute Gasteiger partial charge is 0.493 e. The maximum absolute atomic E-state index is 12.7. The number of Topliss-reactive ketones (excluding diaryl/α,β-unsaturated/α-hetero) is 3. The topological polar surface area (TPSA) is 274 Å². The smallest absolute Gasteiger partial charge is 0.373 e. The van der Waals surface area contributed by atoms with E-state index in [9.17, 15) is 14.4 Å². The van der Waals surface area contributed by atoms with Crippen molar-refractivity contribution >= 4 is 35.8 Å². The van der Waals surface area contributed by atoms with Crippen molar-refractivity contribution in [2.45, 2.75) is 58.7 Å². The molecular formula is C59H54O22. The van der Waals surface area contributed by atoms with Gasteiger partial charge >= 0.3 is 18.5 Å². The number of ether oxygens (including phenoxy) is 13. The number of hydrogen-bond donors (Lipinski definition) is 0. The van der Waals surface area contributed by atoms with Crippen LogP contribution in [-0.4, -0.2) is 90.6 Å². The molecule has 6 aromatic carbocycles. The fourth-order valence-corrected chi connectivity index (χ4v) is 8.45. The lowest BCUT2D eigenvalue weighted by atomic mass is 9.93. The molecule has 81 heavy (non-hydrogen) atoms. The molecule has 0 radical (unpaired) electrons. The summed E-state index contributed by atoms with van der Waals surface area (Å²) in [6, 6.07) is 31.3. The fraction of sp³-hybridized carbons (Fsp3) is 0.288. The van der Waals surface area contributed by atoms with E-state index in [1.807, 2.05) is 62.4 Å². The molecule has 422 valence electrons. The number of fused-ring (bicyclic) bond motifs is 5. The molecule has 5 aliphatic rings. The third-order valence-electron chi connectivity index (χ3n) is 12.4. The third kappa shape index (κ3) is 16.5. The first-order chi connectivity index (χ1) is 39.3. The molecule has 22 nitrogen and oxygen atoms in total. The minimum Gasteiger partial charge on any atom is -0.493 e. The van der Waals surface area contributed by atoms with E-state index in [0.717, 1.165) is 39.7 Å². The summed E-state index contributed by atoms with van der Waals surface area (Å²) in [5, 5.41) is 0. The minimum absolute atomic E-state index is 0.0774. The van der Waals surface area contributed by atoms with E-state index in [4.69, 9.17) is 90.3 Å². The molecule has 5 heterocycles. The maximum atomic E-state index is 12.7. The van der Waals surface area contributed by atoms with Gasteiger partial charge in [-0.25, -0.2) is 0 Å². The van der Waals surface area contributed by atoms with Gasteiger partial charge in [0.05, 0.1) is 21.3 Å². The van der Waals surface area contributed by atoms with Crippen LogP contribution < -0.4 is 61.6 Å². The Balaban J connectivity index is 0.000000183. The van der Waals surface area contributed by atoms with Crippen molar-refractivity contribution in [3.8, 4) is 74.7 Å². The Bertz CT molecular complexity index is 3220. The van der Waals surface area contributed by atoms with Gasteiger partial charge in [0, 0.05) is 42.4 Å². The van der Waals surface area contributed by atoms with E-state index in [0.29, 0.717) is 107 Å². The lowest BCUT2D eigenvalue weighted by Gasteiger charge is -2.15. The van der Waals surface area contributed by atoms with E-state index in [1.165, 1.54) is 0 Å². The lowest BCUT2D eigenvalue weighted by Crippen LogP contribution is -2.12. The van der Waals surface area contributed by atoms with Crippen LogP contribution in [0, 0.1) is 5.92 Å². The summed E-state index contributed by atoms with van der Waals surface area (Å²) >= 11 is 0. The van der Waals surface area contributed by atoms with Crippen LogP contribution in [-0.2, 0) is 48.0 Å². The van der Waals surface area contributed by atoms with Crippen molar-refractivity contribution in [3.05, 3.63) is 137 Å². The summed E-state index contributed by atoms with van der Waals surface area (Å²) in [6.45, 7) is 4.68. The Hall–Kier alpha value is -10.1. The summed E-state index contributed by atoms with van der Waals surface area (Å²) in [5.74, 6) is 8.83. The van der Waals surface area contributed by atoms with Crippen LogP contribution in [0.25, 0.3) is 0 Å². The summed E-state index contributed by atoms with van der Waals surface area (Å²) in [7, 11) is 4.76. The van der Waals surface area contributed by atoms with Gasteiger partial charge in [-0.1, -0.05) is 19.1 Å².